The number of nitrogens with zero attached hydrogens (tertiary/aromatic N) is 1. The van der Waals surface area contributed by atoms with Crippen LogP contribution in [0.25, 0.3) is 6.08 Å². The van der Waals surface area contributed by atoms with Gasteiger partial charge in [-0.15, -0.1) is 11.8 Å². The van der Waals surface area contributed by atoms with Crippen molar-refractivity contribution in [3.05, 3.63) is 41.2 Å². The second-order valence-electron chi connectivity index (χ2n) is 5.46. The fourth-order valence-corrected chi connectivity index (χ4v) is 2.80. The van der Waals surface area contributed by atoms with Crippen molar-refractivity contribution in [1.82, 2.24) is 0 Å². The van der Waals surface area contributed by atoms with Gasteiger partial charge in [0.25, 0.3) is 0 Å². The van der Waals surface area contributed by atoms with Crippen molar-refractivity contribution in [2.24, 2.45) is 5.16 Å². The molecule has 1 heterocycles. The number of hydrogen-bond donors (Lipinski definition) is 0. The Morgan fingerprint density at radius 2 is 2.09 bits per heavy atom. The quantitative estimate of drug-likeness (QED) is 0.718. The summed E-state index contributed by atoms with van der Waals surface area (Å²) in [6, 6.07) is 2.94. The third kappa shape index (κ3) is 4.50. The van der Waals surface area contributed by atoms with Gasteiger partial charge in [0.05, 0.1) is 5.56 Å². The van der Waals surface area contributed by atoms with Crippen molar-refractivity contribution in [3.8, 4) is 0 Å². The van der Waals surface area contributed by atoms with Gasteiger partial charge in [0, 0.05) is 12.2 Å². The Morgan fingerprint density at radius 1 is 1.36 bits per heavy atom. The zero-order valence-corrected chi connectivity index (χ0v) is 12.9. The molecular weight excluding hydrogens is 318 g/mol. The maximum absolute atomic E-state index is 13.2. The summed E-state index contributed by atoms with van der Waals surface area (Å²) in [4.78, 5) is 5.21. The van der Waals surface area contributed by atoms with E-state index in [1.54, 1.807) is 6.08 Å². The molecule has 0 aliphatic carbocycles. The molecular formula is C15H15F4NOS. The van der Waals surface area contributed by atoms with E-state index in [9.17, 15) is 17.6 Å². The van der Waals surface area contributed by atoms with Gasteiger partial charge in [-0.05, 0) is 31.5 Å². The maximum Gasteiger partial charge on any atom is 0.419 e. The molecule has 7 heteroatoms. The molecule has 0 saturated carbocycles. The highest BCUT2D eigenvalue weighted by molar-refractivity contribution is 8.14. The van der Waals surface area contributed by atoms with Gasteiger partial charge in [-0.25, -0.2) is 4.39 Å². The van der Waals surface area contributed by atoms with Gasteiger partial charge in [0.15, 0.2) is 0 Å². The van der Waals surface area contributed by atoms with Crippen LogP contribution in [0.4, 0.5) is 17.6 Å². The van der Waals surface area contributed by atoms with Crippen molar-refractivity contribution in [1.29, 1.82) is 0 Å². The van der Waals surface area contributed by atoms with Crippen molar-refractivity contribution in [3.63, 3.8) is 0 Å². The SMILES string of the molecule is CC1(C)CC(SC/C=C/c2ccc(F)c(C(F)(F)F)c2)=NO1. The minimum atomic E-state index is -4.69. The van der Waals surface area contributed by atoms with E-state index in [0.717, 1.165) is 17.2 Å². The van der Waals surface area contributed by atoms with Crippen molar-refractivity contribution in [2.45, 2.75) is 32.0 Å². The molecule has 1 aliphatic heterocycles. The predicted molar refractivity (Wildman–Crippen MR) is 80.1 cm³/mol. The highest BCUT2D eigenvalue weighted by atomic mass is 32.2. The summed E-state index contributed by atoms with van der Waals surface area (Å²) in [7, 11) is 0. The molecule has 2 nitrogen and oxygen atoms in total. The predicted octanol–water partition coefficient (Wildman–Crippen LogP) is 5.10. The zero-order chi connectivity index (χ0) is 16.4. The molecule has 0 spiro atoms. The van der Waals surface area contributed by atoms with Crippen LogP contribution in [0, 0.1) is 5.82 Å². The normalized spacial score (nSPS) is 17.6. The molecule has 1 aromatic carbocycles. The molecule has 1 aliphatic rings. The Kier molecular flexibility index (Phi) is 4.84. The molecule has 0 unspecified atom stereocenters. The number of halogens is 4. The van der Waals surface area contributed by atoms with Gasteiger partial charge in [-0.3, -0.25) is 0 Å². The number of oxime groups is 1. The number of rotatable bonds is 3. The summed E-state index contributed by atoms with van der Waals surface area (Å²) in [6.45, 7) is 3.86. The summed E-state index contributed by atoms with van der Waals surface area (Å²) >= 11 is 1.46. The second kappa shape index (κ2) is 6.32. The van der Waals surface area contributed by atoms with E-state index in [-0.39, 0.29) is 5.60 Å². The molecule has 1 aromatic rings. The lowest BCUT2D eigenvalue weighted by Crippen LogP contribution is -2.18. The molecule has 120 valence electrons. The molecule has 0 fully saturated rings. The van der Waals surface area contributed by atoms with Crippen LogP contribution < -0.4 is 0 Å². The maximum atomic E-state index is 13.2. The highest BCUT2D eigenvalue weighted by Gasteiger charge is 2.34. The Morgan fingerprint density at radius 3 is 2.68 bits per heavy atom. The van der Waals surface area contributed by atoms with E-state index < -0.39 is 17.6 Å². The topological polar surface area (TPSA) is 21.6 Å². The Bertz CT molecular complexity index is 608. The summed E-state index contributed by atoms with van der Waals surface area (Å²) in [5.74, 6) is -0.712. The molecule has 0 amide bonds. The smallest absolute Gasteiger partial charge is 0.389 e. The largest absolute Gasteiger partial charge is 0.419 e. The molecule has 0 radical (unpaired) electrons. The van der Waals surface area contributed by atoms with Crippen LogP contribution in [0.5, 0.6) is 0 Å². The zero-order valence-electron chi connectivity index (χ0n) is 12.1. The number of thioether (sulfide) groups is 1. The van der Waals surface area contributed by atoms with Gasteiger partial charge < -0.3 is 4.84 Å². The van der Waals surface area contributed by atoms with Crippen LogP contribution in [0.15, 0.2) is 29.4 Å². The lowest BCUT2D eigenvalue weighted by molar-refractivity contribution is -0.140. The second-order valence-corrected chi connectivity index (χ2v) is 6.56. The molecule has 22 heavy (non-hydrogen) atoms. The van der Waals surface area contributed by atoms with E-state index in [4.69, 9.17) is 4.84 Å². The van der Waals surface area contributed by atoms with Crippen LogP contribution in [-0.4, -0.2) is 16.4 Å². The molecule has 0 aromatic heterocycles. The first kappa shape index (κ1) is 16.9. The first-order chi connectivity index (χ1) is 10.2. The number of hydrogen-bond acceptors (Lipinski definition) is 3. The Hall–Kier alpha value is -1.50. The van der Waals surface area contributed by atoms with Gasteiger partial charge in [0.2, 0.25) is 0 Å². The number of benzene rings is 1. The third-order valence-electron chi connectivity index (χ3n) is 2.92. The fourth-order valence-electron chi connectivity index (χ4n) is 1.87. The van der Waals surface area contributed by atoms with Crippen LogP contribution >= 0.6 is 11.8 Å². The highest BCUT2D eigenvalue weighted by Crippen LogP contribution is 2.32. The van der Waals surface area contributed by atoms with Gasteiger partial charge in [-0.1, -0.05) is 23.4 Å². The average molecular weight is 333 g/mol. The van der Waals surface area contributed by atoms with Gasteiger partial charge in [0.1, 0.15) is 16.5 Å². The van der Waals surface area contributed by atoms with E-state index in [1.807, 2.05) is 13.8 Å². The Balaban J connectivity index is 1.94. The summed E-state index contributed by atoms with van der Waals surface area (Å²) < 4.78 is 50.9. The monoisotopic (exact) mass is 333 g/mol. The van der Waals surface area contributed by atoms with E-state index >= 15 is 0 Å². The lowest BCUT2D eigenvalue weighted by atomic mass is 10.1. The van der Waals surface area contributed by atoms with E-state index in [2.05, 4.69) is 5.16 Å². The summed E-state index contributed by atoms with van der Waals surface area (Å²) in [5.41, 5.74) is -1.25. The first-order valence-corrected chi connectivity index (χ1v) is 7.57. The standard InChI is InChI=1S/C15H15F4NOS/c1-14(2)9-13(20-21-14)22-7-3-4-10-5-6-12(16)11(8-10)15(17,18)19/h3-6,8H,7,9H2,1-2H3/b4-3+. The van der Waals surface area contributed by atoms with Crippen LogP contribution in [0.1, 0.15) is 31.4 Å². The molecule has 0 N–H and O–H groups in total. The minimum Gasteiger partial charge on any atom is -0.389 e. The third-order valence-corrected chi connectivity index (χ3v) is 3.84. The molecule has 2 rings (SSSR count). The molecule has 0 atom stereocenters. The minimum absolute atomic E-state index is 0.301. The van der Waals surface area contributed by atoms with E-state index in [0.29, 0.717) is 17.7 Å². The summed E-state index contributed by atoms with van der Waals surface area (Å²) in [6.07, 6.45) is -0.737. The number of alkyl halides is 3. The van der Waals surface area contributed by atoms with Crippen molar-refractivity contribution < 1.29 is 22.4 Å². The first-order valence-electron chi connectivity index (χ1n) is 6.58. The average Bonchev–Trinajstić information content (AvgIpc) is 2.74. The molecule has 0 saturated heterocycles. The molecule has 0 bridgehead atoms. The van der Waals surface area contributed by atoms with Crippen LogP contribution in [0.3, 0.4) is 0 Å². The summed E-state index contributed by atoms with van der Waals surface area (Å²) in [5, 5.41) is 4.79. The fraction of sp³-hybridized carbons (Fsp3) is 0.400. The van der Waals surface area contributed by atoms with E-state index in [1.165, 1.54) is 23.9 Å². The van der Waals surface area contributed by atoms with Crippen LogP contribution in [0.2, 0.25) is 0 Å². The Labute approximate surface area is 130 Å². The lowest BCUT2D eigenvalue weighted by Gasteiger charge is -2.12. The van der Waals surface area contributed by atoms with Crippen molar-refractivity contribution >= 4 is 22.9 Å². The van der Waals surface area contributed by atoms with Crippen molar-refractivity contribution in [2.75, 3.05) is 5.75 Å². The van der Waals surface area contributed by atoms with Gasteiger partial charge in [-0.2, -0.15) is 13.2 Å². The van der Waals surface area contributed by atoms with Gasteiger partial charge >= 0.3 is 6.18 Å². The van der Waals surface area contributed by atoms with Crippen LogP contribution in [-0.2, 0) is 11.0 Å².